The van der Waals surface area contributed by atoms with Crippen LogP contribution in [0.25, 0.3) is 0 Å². The second-order valence-corrected chi connectivity index (χ2v) is 8.55. The van der Waals surface area contributed by atoms with E-state index in [1.807, 2.05) is 18.2 Å². The fourth-order valence-corrected chi connectivity index (χ4v) is 4.63. The molecule has 0 heterocycles. The number of halogens is 1. The summed E-state index contributed by atoms with van der Waals surface area (Å²) in [7, 11) is 1.59. The van der Waals surface area contributed by atoms with E-state index >= 15 is 0 Å². The summed E-state index contributed by atoms with van der Waals surface area (Å²) < 4.78 is 18.7. The van der Waals surface area contributed by atoms with Crippen molar-refractivity contribution in [1.29, 1.82) is 0 Å². The predicted octanol–water partition coefficient (Wildman–Crippen LogP) is 5.87. The van der Waals surface area contributed by atoms with Gasteiger partial charge in [-0.15, -0.1) is 0 Å². The lowest BCUT2D eigenvalue weighted by Crippen LogP contribution is -2.50. The molecule has 2 bridgehead atoms. The number of rotatable bonds is 5. The molecule has 2 amide bonds. The molecule has 4 nitrogen and oxygen atoms in total. The van der Waals surface area contributed by atoms with Gasteiger partial charge in [0.05, 0.1) is 7.11 Å². The lowest BCUT2D eigenvalue weighted by Gasteiger charge is -2.57. The van der Waals surface area contributed by atoms with Crippen LogP contribution in [-0.2, 0) is 0 Å². The van der Waals surface area contributed by atoms with Crippen LogP contribution in [0.3, 0.4) is 0 Å². The topological polar surface area (TPSA) is 41.6 Å². The molecule has 0 saturated heterocycles. The number of nitrogens with one attached hydrogen (secondary N) is 1. The number of benzene rings is 2. The monoisotopic (exact) mass is 394 g/mol. The molecule has 29 heavy (non-hydrogen) atoms. The molecule has 152 valence electrons. The Bertz CT molecular complexity index is 936. The first-order chi connectivity index (χ1) is 13.9. The summed E-state index contributed by atoms with van der Waals surface area (Å²) in [4.78, 5) is 14.9. The first kappa shape index (κ1) is 19.5. The summed E-state index contributed by atoms with van der Waals surface area (Å²) in [6.45, 7) is 5.14. The molecule has 2 unspecified atom stereocenters. The van der Waals surface area contributed by atoms with Crippen molar-refractivity contribution >= 4 is 17.4 Å². The second kappa shape index (κ2) is 7.54. The molecule has 2 atom stereocenters. The summed E-state index contributed by atoms with van der Waals surface area (Å²) in [5.41, 5.74) is 2.90. The molecule has 5 rings (SSSR count). The summed E-state index contributed by atoms with van der Waals surface area (Å²) in [5.74, 6) is 1.59. The van der Waals surface area contributed by atoms with Crippen LogP contribution >= 0.6 is 0 Å². The Kier molecular flexibility index (Phi) is 5.07. The minimum absolute atomic E-state index is 0.245. The van der Waals surface area contributed by atoms with Gasteiger partial charge in [0, 0.05) is 24.0 Å². The third-order valence-electron chi connectivity index (χ3n) is 6.63. The van der Waals surface area contributed by atoms with Crippen LogP contribution in [0, 0.1) is 23.1 Å². The average Bonchev–Trinajstić information content (AvgIpc) is 2.72. The van der Waals surface area contributed by atoms with Crippen LogP contribution in [-0.4, -0.2) is 19.7 Å². The first-order valence-electron chi connectivity index (χ1n) is 10.1. The highest BCUT2D eigenvalue weighted by Gasteiger charge is 2.51. The summed E-state index contributed by atoms with van der Waals surface area (Å²) in [6.07, 6.45) is 4.54. The summed E-state index contributed by atoms with van der Waals surface area (Å²) >= 11 is 0. The summed E-state index contributed by atoms with van der Waals surface area (Å²) in [5, 5.41) is 2.95. The van der Waals surface area contributed by atoms with Gasteiger partial charge >= 0.3 is 6.03 Å². The van der Waals surface area contributed by atoms with Gasteiger partial charge in [-0.25, -0.2) is 9.18 Å². The zero-order valence-corrected chi connectivity index (χ0v) is 17.1. The van der Waals surface area contributed by atoms with Crippen LogP contribution < -0.4 is 15.0 Å². The van der Waals surface area contributed by atoms with Crippen LogP contribution in [0.15, 0.2) is 60.2 Å². The predicted molar refractivity (Wildman–Crippen MR) is 114 cm³/mol. The molecular weight excluding hydrogens is 367 g/mol. The third kappa shape index (κ3) is 3.74. The van der Waals surface area contributed by atoms with Crippen molar-refractivity contribution in [1.82, 2.24) is 0 Å². The maximum atomic E-state index is 13.5. The molecule has 2 aromatic carbocycles. The van der Waals surface area contributed by atoms with Crippen LogP contribution in [0.1, 0.15) is 26.7 Å². The highest BCUT2D eigenvalue weighted by Crippen LogP contribution is 2.59. The van der Waals surface area contributed by atoms with E-state index in [-0.39, 0.29) is 17.3 Å². The number of fused-ring (bicyclic) bond motifs is 1. The number of nitrogens with zero attached hydrogens (tertiary/aromatic N) is 1. The number of carbonyl (C=O) groups excluding carboxylic acids is 1. The van der Waals surface area contributed by atoms with Crippen molar-refractivity contribution < 1.29 is 13.9 Å². The fraction of sp³-hybridized carbons (Fsp3) is 0.375. The number of hydrogen-bond acceptors (Lipinski definition) is 2. The zero-order valence-electron chi connectivity index (χ0n) is 17.1. The molecule has 2 aromatic rings. The Labute approximate surface area is 171 Å². The fourth-order valence-electron chi connectivity index (χ4n) is 4.63. The Hall–Kier alpha value is -2.82. The van der Waals surface area contributed by atoms with Gasteiger partial charge in [0.2, 0.25) is 0 Å². The van der Waals surface area contributed by atoms with E-state index in [4.69, 9.17) is 4.74 Å². The molecule has 1 fully saturated rings. The molecule has 0 aliphatic heterocycles. The summed E-state index contributed by atoms with van der Waals surface area (Å²) in [6, 6.07) is 13.1. The van der Waals surface area contributed by atoms with E-state index in [1.165, 1.54) is 24.1 Å². The molecule has 0 spiro atoms. The average molecular weight is 394 g/mol. The van der Waals surface area contributed by atoms with E-state index < -0.39 is 0 Å². The van der Waals surface area contributed by atoms with E-state index in [1.54, 1.807) is 30.2 Å². The van der Waals surface area contributed by atoms with Crippen molar-refractivity contribution in [3.05, 3.63) is 66.0 Å². The maximum absolute atomic E-state index is 13.5. The van der Waals surface area contributed by atoms with Gasteiger partial charge in [0.1, 0.15) is 11.6 Å². The standard InChI is InChI=1S/C24H27FN2O2/c1-24(2)17-8-7-16(22(24)13-17)15-27(20-11-9-18(25)10-12-20)23(28)26-19-5-4-6-21(14-19)29-3/h4-7,9-12,14,17,22H,8,13,15H2,1-3H3,(H,26,28). The van der Waals surface area contributed by atoms with Crippen molar-refractivity contribution in [2.45, 2.75) is 26.7 Å². The van der Waals surface area contributed by atoms with E-state index in [0.717, 1.165) is 12.3 Å². The lowest BCUT2D eigenvalue weighted by molar-refractivity contribution is -0.00666. The number of ether oxygens (including phenoxy) is 1. The minimum Gasteiger partial charge on any atom is -0.497 e. The van der Waals surface area contributed by atoms with Gasteiger partial charge in [0.15, 0.2) is 0 Å². The lowest BCUT2D eigenvalue weighted by atomic mass is 9.49. The van der Waals surface area contributed by atoms with Crippen molar-refractivity contribution in [3.8, 4) is 5.75 Å². The first-order valence-corrected chi connectivity index (χ1v) is 10.1. The molecule has 3 aliphatic carbocycles. The SMILES string of the molecule is COc1cccc(NC(=O)N(CC2=CCC3CC2C3(C)C)c2ccc(F)cc2)c1. The van der Waals surface area contributed by atoms with E-state index in [2.05, 4.69) is 25.2 Å². The highest BCUT2D eigenvalue weighted by atomic mass is 19.1. The van der Waals surface area contributed by atoms with Crippen LogP contribution in [0.5, 0.6) is 5.75 Å². The Morgan fingerprint density at radius 1 is 1.24 bits per heavy atom. The number of amides is 2. The zero-order chi connectivity index (χ0) is 20.6. The Balaban J connectivity index is 1.59. The molecule has 1 N–H and O–H groups in total. The number of carbonyl (C=O) groups is 1. The second-order valence-electron chi connectivity index (χ2n) is 8.55. The van der Waals surface area contributed by atoms with Gasteiger partial charge in [-0.2, -0.15) is 0 Å². The van der Waals surface area contributed by atoms with Gasteiger partial charge in [0.25, 0.3) is 0 Å². The third-order valence-corrected chi connectivity index (χ3v) is 6.63. The number of hydrogen-bond donors (Lipinski definition) is 1. The largest absolute Gasteiger partial charge is 0.497 e. The number of methoxy groups -OCH3 is 1. The van der Waals surface area contributed by atoms with E-state index in [0.29, 0.717) is 29.6 Å². The van der Waals surface area contributed by atoms with Crippen LogP contribution in [0.2, 0.25) is 0 Å². The van der Waals surface area contributed by atoms with Crippen molar-refractivity contribution in [2.24, 2.45) is 17.3 Å². The number of allylic oxidation sites excluding steroid dienone is 1. The van der Waals surface area contributed by atoms with Gasteiger partial charge in [-0.05, 0) is 66.5 Å². The number of urea groups is 1. The quantitative estimate of drug-likeness (QED) is 0.645. The Morgan fingerprint density at radius 2 is 2.00 bits per heavy atom. The number of anilines is 2. The smallest absolute Gasteiger partial charge is 0.326 e. The van der Waals surface area contributed by atoms with Gasteiger partial charge < -0.3 is 10.1 Å². The maximum Gasteiger partial charge on any atom is 0.326 e. The normalized spacial score (nSPS) is 21.6. The van der Waals surface area contributed by atoms with E-state index in [9.17, 15) is 9.18 Å². The molecule has 3 aliphatic rings. The molecule has 0 radical (unpaired) electrons. The molecule has 1 saturated carbocycles. The Morgan fingerprint density at radius 3 is 2.66 bits per heavy atom. The van der Waals surface area contributed by atoms with Gasteiger partial charge in [-0.1, -0.05) is 31.6 Å². The molecule has 5 heteroatoms. The highest BCUT2D eigenvalue weighted by molar-refractivity contribution is 6.02. The van der Waals surface area contributed by atoms with Crippen molar-refractivity contribution in [3.63, 3.8) is 0 Å². The molecule has 0 aromatic heterocycles. The molecular formula is C24H27FN2O2. The van der Waals surface area contributed by atoms with Crippen molar-refractivity contribution in [2.75, 3.05) is 23.9 Å². The van der Waals surface area contributed by atoms with Gasteiger partial charge in [-0.3, -0.25) is 4.90 Å². The minimum atomic E-state index is -0.318. The van der Waals surface area contributed by atoms with Crippen LogP contribution in [0.4, 0.5) is 20.6 Å².